The van der Waals surface area contributed by atoms with Crippen molar-refractivity contribution in [1.29, 1.82) is 0 Å². The van der Waals surface area contributed by atoms with E-state index in [1.807, 2.05) is 24.3 Å². The minimum absolute atomic E-state index is 0.0581. The van der Waals surface area contributed by atoms with Crippen LogP contribution in [0.2, 0.25) is 0 Å². The van der Waals surface area contributed by atoms with Crippen LogP contribution in [0.3, 0.4) is 0 Å². The normalized spacial score (nSPS) is 10.7. The van der Waals surface area contributed by atoms with E-state index < -0.39 is 0 Å². The first kappa shape index (κ1) is 14.3. The van der Waals surface area contributed by atoms with E-state index in [-0.39, 0.29) is 5.91 Å². The zero-order valence-electron chi connectivity index (χ0n) is 12.2. The summed E-state index contributed by atoms with van der Waals surface area (Å²) in [6.45, 7) is 0.599. The lowest BCUT2D eigenvalue weighted by Crippen LogP contribution is -2.25. The molecule has 0 fully saturated rings. The molecule has 0 aliphatic heterocycles. The molecule has 0 bridgehead atoms. The molecule has 1 N–H and O–H groups in total. The summed E-state index contributed by atoms with van der Waals surface area (Å²) >= 11 is 0. The summed E-state index contributed by atoms with van der Waals surface area (Å²) < 4.78 is 4.74. The van der Waals surface area contributed by atoms with Gasteiger partial charge in [-0.15, -0.1) is 0 Å². The third-order valence-corrected chi connectivity index (χ3v) is 3.53. The Morgan fingerprint density at radius 1 is 1.18 bits per heavy atom. The van der Waals surface area contributed by atoms with E-state index in [9.17, 15) is 4.79 Å². The summed E-state index contributed by atoms with van der Waals surface area (Å²) in [7, 11) is 0. The average molecular weight is 295 g/mol. The van der Waals surface area contributed by atoms with Crippen molar-refractivity contribution in [3.05, 3.63) is 60.1 Å². The van der Waals surface area contributed by atoms with E-state index in [1.54, 1.807) is 18.7 Å². The van der Waals surface area contributed by atoms with Crippen molar-refractivity contribution in [2.45, 2.75) is 19.3 Å². The van der Waals surface area contributed by atoms with Gasteiger partial charge >= 0.3 is 0 Å². The van der Waals surface area contributed by atoms with Crippen LogP contribution in [-0.4, -0.2) is 22.6 Å². The Morgan fingerprint density at radius 3 is 3.00 bits per heavy atom. The molecule has 2 aromatic heterocycles. The largest absolute Gasteiger partial charge is 0.364 e. The summed E-state index contributed by atoms with van der Waals surface area (Å²) in [5.41, 5.74) is 3.11. The number of aryl methyl sites for hydroxylation is 1. The Labute approximate surface area is 128 Å². The highest BCUT2D eigenvalue weighted by Gasteiger charge is 2.04. The number of benzene rings is 1. The lowest BCUT2D eigenvalue weighted by Gasteiger charge is -2.05. The van der Waals surface area contributed by atoms with Gasteiger partial charge < -0.3 is 9.84 Å². The number of aromatic nitrogens is 2. The Morgan fingerprint density at radius 2 is 2.14 bits per heavy atom. The second-order valence-electron chi connectivity index (χ2n) is 5.16. The van der Waals surface area contributed by atoms with Crippen LogP contribution in [0.15, 0.2) is 53.5 Å². The molecule has 0 aliphatic rings. The Kier molecular flexibility index (Phi) is 4.44. The monoisotopic (exact) mass is 295 g/mol. The number of rotatable bonds is 6. The molecule has 3 rings (SSSR count). The predicted octanol–water partition coefficient (Wildman–Crippen LogP) is 2.51. The van der Waals surface area contributed by atoms with Crippen molar-refractivity contribution in [1.82, 2.24) is 15.5 Å². The van der Waals surface area contributed by atoms with E-state index in [1.165, 1.54) is 0 Å². The lowest BCUT2D eigenvalue weighted by molar-refractivity contribution is -0.121. The average Bonchev–Trinajstić information content (AvgIpc) is 3.06. The fourth-order valence-corrected chi connectivity index (χ4v) is 2.32. The Hall–Kier alpha value is -2.69. The molecule has 5 nitrogen and oxygen atoms in total. The van der Waals surface area contributed by atoms with Gasteiger partial charge in [-0.25, -0.2) is 0 Å². The molecule has 0 saturated heterocycles. The van der Waals surface area contributed by atoms with Crippen LogP contribution in [0.25, 0.3) is 10.9 Å². The van der Waals surface area contributed by atoms with Crippen molar-refractivity contribution >= 4 is 16.8 Å². The highest BCUT2D eigenvalue weighted by atomic mass is 16.5. The molecule has 0 radical (unpaired) electrons. The molecule has 0 aliphatic carbocycles. The smallest absolute Gasteiger partial charge is 0.220 e. The number of fused-ring (bicyclic) bond motifs is 1. The number of nitrogens with one attached hydrogen (secondary N) is 1. The standard InChI is InChI=1S/C17H17N3O2/c21-17(19-9-7-14-11-20-22-12-14)6-4-13-3-5-16-15(10-13)2-1-8-18-16/h1-3,5,8,10-12H,4,6-7,9H2,(H,19,21). The van der Waals surface area contributed by atoms with Crippen molar-refractivity contribution in [2.24, 2.45) is 0 Å². The van der Waals surface area contributed by atoms with E-state index in [4.69, 9.17) is 4.52 Å². The van der Waals surface area contributed by atoms with Gasteiger partial charge in [0.15, 0.2) is 0 Å². The summed E-state index contributed by atoms with van der Waals surface area (Å²) in [4.78, 5) is 16.1. The lowest BCUT2D eigenvalue weighted by atomic mass is 10.1. The molecule has 1 amide bonds. The molecule has 22 heavy (non-hydrogen) atoms. The van der Waals surface area contributed by atoms with Gasteiger partial charge in [0.2, 0.25) is 5.91 Å². The van der Waals surface area contributed by atoms with Gasteiger partial charge in [0.1, 0.15) is 6.26 Å². The van der Waals surface area contributed by atoms with Gasteiger partial charge in [0.25, 0.3) is 0 Å². The van der Waals surface area contributed by atoms with Gasteiger partial charge in [-0.1, -0.05) is 17.3 Å². The summed E-state index contributed by atoms with van der Waals surface area (Å²) in [5, 5.41) is 7.64. The van der Waals surface area contributed by atoms with E-state index >= 15 is 0 Å². The van der Waals surface area contributed by atoms with Gasteiger partial charge in [-0.2, -0.15) is 0 Å². The van der Waals surface area contributed by atoms with Crippen LogP contribution in [0.1, 0.15) is 17.5 Å². The minimum Gasteiger partial charge on any atom is -0.364 e. The first-order valence-electron chi connectivity index (χ1n) is 7.30. The highest BCUT2D eigenvalue weighted by Crippen LogP contribution is 2.14. The number of carbonyl (C=O) groups excluding carboxylic acids is 1. The van der Waals surface area contributed by atoms with Crippen LogP contribution >= 0.6 is 0 Å². The van der Waals surface area contributed by atoms with Crippen molar-refractivity contribution in [3.63, 3.8) is 0 Å². The zero-order chi connectivity index (χ0) is 15.2. The predicted molar refractivity (Wildman–Crippen MR) is 83.3 cm³/mol. The van der Waals surface area contributed by atoms with Gasteiger partial charge in [0, 0.05) is 30.1 Å². The number of hydrogen-bond donors (Lipinski definition) is 1. The number of nitrogens with zero attached hydrogens (tertiary/aromatic N) is 2. The molecule has 5 heteroatoms. The van der Waals surface area contributed by atoms with Gasteiger partial charge in [-0.05, 0) is 36.6 Å². The first-order chi connectivity index (χ1) is 10.8. The molecule has 0 spiro atoms. The van der Waals surface area contributed by atoms with Crippen molar-refractivity contribution in [2.75, 3.05) is 6.54 Å². The van der Waals surface area contributed by atoms with Crippen LogP contribution in [0.5, 0.6) is 0 Å². The minimum atomic E-state index is 0.0581. The maximum atomic E-state index is 11.8. The number of carbonyl (C=O) groups is 1. The zero-order valence-corrected chi connectivity index (χ0v) is 12.2. The van der Waals surface area contributed by atoms with E-state index in [0.717, 1.165) is 34.9 Å². The van der Waals surface area contributed by atoms with Gasteiger partial charge in [0.05, 0.1) is 11.7 Å². The van der Waals surface area contributed by atoms with Crippen LogP contribution in [-0.2, 0) is 17.6 Å². The van der Waals surface area contributed by atoms with Crippen molar-refractivity contribution < 1.29 is 9.32 Å². The fraction of sp³-hybridized carbons (Fsp3) is 0.235. The molecule has 0 atom stereocenters. The van der Waals surface area contributed by atoms with Crippen LogP contribution < -0.4 is 5.32 Å². The summed E-state index contributed by atoms with van der Waals surface area (Å²) in [6.07, 6.45) is 6.98. The molecular formula is C17H17N3O2. The molecule has 0 unspecified atom stereocenters. The van der Waals surface area contributed by atoms with Gasteiger partial charge in [-0.3, -0.25) is 9.78 Å². The summed E-state index contributed by atoms with van der Waals surface area (Å²) in [6, 6.07) is 10.1. The molecular weight excluding hydrogens is 278 g/mol. The number of amides is 1. The number of hydrogen-bond acceptors (Lipinski definition) is 4. The SMILES string of the molecule is O=C(CCc1ccc2ncccc2c1)NCCc1cnoc1. The van der Waals surface area contributed by atoms with E-state index in [0.29, 0.717) is 13.0 Å². The van der Waals surface area contributed by atoms with Crippen LogP contribution in [0, 0.1) is 0 Å². The maximum absolute atomic E-state index is 11.8. The molecule has 1 aromatic carbocycles. The molecule has 112 valence electrons. The first-order valence-corrected chi connectivity index (χ1v) is 7.30. The van der Waals surface area contributed by atoms with E-state index in [2.05, 4.69) is 21.5 Å². The Balaban J connectivity index is 1.47. The Bertz CT molecular complexity index is 753. The number of pyridine rings is 1. The third-order valence-electron chi connectivity index (χ3n) is 3.53. The highest BCUT2D eigenvalue weighted by molar-refractivity contribution is 5.79. The molecule has 2 heterocycles. The van der Waals surface area contributed by atoms with Crippen LogP contribution in [0.4, 0.5) is 0 Å². The fourth-order valence-electron chi connectivity index (χ4n) is 2.32. The van der Waals surface area contributed by atoms with Crippen molar-refractivity contribution in [3.8, 4) is 0 Å². The second kappa shape index (κ2) is 6.85. The maximum Gasteiger partial charge on any atom is 0.220 e. The molecule has 3 aromatic rings. The molecule has 0 saturated carbocycles. The third kappa shape index (κ3) is 3.69. The topological polar surface area (TPSA) is 68.0 Å². The quantitative estimate of drug-likeness (QED) is 0.758. The summed E-state index contributed by atoms with van der Waals surface area (Å²) in [5.74, 6) is 0.0581. The second-order valence-corrected chi connectivity index (χ2v) is 5.16.